The number of rotatable bonds is 3. The largest absolute Gasteiger partial charge is 0.317 e. The molecule has 0 spiro atoms. The number of imide groups is 1. The minimum Gasteiger partial charge on any atom is -0.317 e. The van der Waals surface area contributed by atoms with Gasteiger partial charge < -0.3 is 5.32 Å². The predicted octanol–water partition coefficient (Wildman–Crippen LogP) is 0.840. The summed E-state index contributed by atoms with van der Waals surface area (Å²) in [5.41, 5.74) is 0.759. The fraction of sp³-hybridized carbons (Fsp3) is 0.353. The molecule has 3 heterocycles. The van der Waals surface area contributed by atoms with Crippen molar-refractivity contribution in [1.82, 2.24) is 25.4 Å². The van der Waals surface area contributed by atoms with Crippen molar-refractivity contribution in [3.8, 4) is 0 Å². The number of carbonyl (C=O) groups excluding carboxylic acids is 3. The number of amides is 3. The van der Waals surface area contributed by atoms with E-state index in [1.807, 2.05) is 0 Å². The average molecular weight is 391 g/mol. The van der Waals surface area contributed by atoms with Crippen LogP contribution in [0.15, 0.2) is 18.2 Å². The molecule has 2 aliphatic rings. The van der Waals surface area contributed by atoms with Crippen LogP contribution in [0.5, 0.6) is 0 Å². The number of nitrogens with one attached hydrogen (secondary N) is 3. The molecule has 0 unspecified atom stereocenters. The second-order valence-electron chi connectivity index (χ2n) is 6.44. The van der Waals surface area contributed by atoms with Gasteiger partial charge in [-0.25, -0.2) is 4.68 Å². The van der Waals surface area contributed by atoms with Crippen LogP contribution in [0.1, 0.15) is 55.7 Å². The summed E-state index contributed by atoms with van der Waals surface area (Å²) in [4.78, 5) is 40.3. The number of benzene rings is 1. The van der Waals surface area contributed by atoms with Gasteiger partial charge in [-0.2, -0.15) is 10.1 Å². The van der Waals surface area contributed by atoms with Gasteiger partial charge in [-0.1, -0.05) is 0 Å². The number of halogens is 1. The molecular formula is C17H19ClN6O3. The lowest BCUT2D eigenvalue weighted by molar-refractivity contribution is 0.0879. The smallest absolute Gasteiger partial charge is 0.258 e. The van der Waals surface area contributed by atoms with Crippen molar-refractivity contribution >= 4 is 36.1 Å². The molecule has 2 aliphatic heterocycles. The molecule has 10 heteroatoms. The summed E-state index contributed by atoms with van der Waals surface area (Å²) < 4.78 is 1.54. The minimum absolute atomic E-state index is 0. The topological polar surface area (TPSA) is 118 Å². The van der Waals surface area contributed by atoms with Crippen molar-refractivity contribution in [1.29, 1.82) is 0 Å². The van der Waals surface area contributed by atoms with Gasteiger partial charge in [0.2, 0.25) is 5.95 Å². The summed E-state index contributed by atoms with van der Waals surface area (Å²) >= 11 is 0. The first-order valence-electron chi connectivity index (χ1n) is 8.45. The maximum absolute atomic E-state index is 12.5. The van der Waals surface area contributed by atoms with Gasteiger partial charge in [0.1, 0.15) is 0 Å². The Kier molecular flexibility index (Phi) is 5.24. The van der Waals surface area contributed by atoms with Crippen LogP contribution in [-0.2, 0) is 7.05 Å². The first-order valence-corrected chi connectivity index (χ1v) is 8.45. The summed E-state index contributed by atoms with van der Waals surface area (Å²) in [6.07, 6.45) is 1.93. The molecule has 0 aliphatic carbocycles. The van der Waals surface area contributed by atoms with E-state index in [1.54, 1.807) is 11.7 Å². The molecule has 0 radical (unpaired) electrons. The molecule has 1 fully saturated rings. The van der Waals surface area contributed by atoms with Gasteiger partial charge in [-0.3, -0.25) is 25.0 Å². The van der Waals surface area contributed by atoms with Crippen LogP contribution in [0.3, 0.4) is 0 Å². The molecule has 1 aromatic carbocycles. The van der Waals surface area contributed by atoms with E-state index in [1.165, 1.54) is 18.2 Å². The maximum Gasteiger partial charge on any atom is 0.258 e. The molecule has 0 bridgehead atoms. The Morgan fingerprint density at radius 3 is 2.63 bits per heavy atom. The third-order valence-electron chi connectivity index (χ3n) is 4.71. The Labute approximate surface area is 161 Å². The lowest BCUT2D eigenvalue weighted by Crippen LogP contribution is -2.27. The predicted molar refractivity (Wildman–Crippen MR) is 99.3 cm³/mol. The van der Waals surface area contributed by atoms with Crippen molar-refractivity contribution in [3.63, 3.8) is 0 Å². The zero-order valence-electron chi connectivity index (χ0n) is 14.6. The molecule has 3 amide bonds. The standard InChI is InChI=1S/C17H18N6O3.ClH/c1-23-17(19-13(22-23)9-4-6-18-7-5-9)21-14(24)10-2-3-11-12(8-10)16(26)20-15(11)25;/h2-3,8-9,18H,4-7H2,1H3,(H,20,25,26)(H,19,21,22,24);1H. The number of aryl methyl sites for hydroxylation is 1. The van der Waals surface area contributed by atoms with Gasteiger partial charge in [0.05, 0.1) is 11.1 Å². The van der Waals surface area contributed by atoms with E-state index >= 15 is 0 Å². The van der Waals surface area contributed by atoms with Crippen LogP contribution >= 0.6 is 12.4 Å². The van der Waals surface area contributed by atoms with Crippen LogP contribution in [-0.4, -0.2) is 45.6 Å². The summed E-state index contributed by atoms with van der Waals surface area (Å²) in [6, 6.07) is 4.40. The molecule has 1 saturated heterocycles. The highest BCUT2D eigenvalue weighted by atomic mass is 35.5. The quantitative estimate of drug-likeness (QED) is 0.668. The SMILES string of the molecule is Cl.Cn1nc(C2CCNCC2)nc1NC(=O)c1ccc2c(c1)C(=O)NC2=O. The molecule has 2 aromatic rings. The average Bonchev–Trinajstić information content (AvgIpc) is 3.15. The molecule has 27 heavy (non-hydrogen) atoms. The Morgan fingerprint density at radius 1 is 1.19 bits per heavy atom. The number of piperidine rings is 1. The number of carbonyl (C=O) groups is 3. The lowest BCUT2D eigenvalue weighted by atomic mass is 9.98. The molecule has 9 nitrogen and oxygen atoms in total. The first-order chi connectivity index (χ1) is 12.5. The van der Waals surface area contributed by atoms with Gasteiger partial charge in [0.25, 0.3) is 17.7 Å². The van der Waals surface area contributed by atoms with Gasteiger partial charge in [-0.05, 0) is 44.1 Å². The number of anilines is 1. The Bertz CT molecular complexity index is 919. The van der Waals surface area contributed by atoms with Crippen LogP contribution in [0.4, 0.5) is 5.95 Å². The monoisotopic (exact) mass is 390 g/mol. The van der Waals surface area contributed by atoms with E-state index in [2.05, 4.69) is 26.0 Å². The minimum atomic E-state index is -0.494. The van der Waals surface area contributed by atoms with Crippen LogP contribution in [0.25, 0.3) is 0 Å². The Morgan fingerprint density at radius 2 is 1.89 bits per heavy atom. The highest BCUT2D eigenvalue weighted by molar-refractivity contribution is 6.22. The van der Waals surface area contributed by atoms with Gasteiger partial charge in [-0.15, -0.1) is 12.4 Å². The summed E-state index contributed by atoms with van der Waals surface area (Å²) in [7, 11) is 1.72. The van der Waals surface area contributed by atoms with Crippen molar-refractivity contribution in [2.45, 2.75) is 18.8 Å². The molecule has 142 valence electrons. The van der Waals surface area contributed by atoms with Crippen molar-refractivity contribution in [2.24, 2.45) is 7.05 Å². The summed E-state index contributed by atoms with van der Waals surface area (Å²) in [6.45, 7) is 1.86. The molecule has 0 atom stereocenters. The number of aromatic nitrogens is 3. The fourth-order valence-corrected chi connectivity index (χ4v) is 3.25. The van der Waals surface area contributed by atoms with Gasteiger partial charge in [0.15, 0.2) is 5.82 Å². The van der Waals surface area contributed by atoms with E-state index < -0.39 is 17.7 Å². The van der Waals surface area contributed by atoms with E-state index in [4.69, 9.17) is 0 Å². The Balaban J connectivity index is 0.00000210. The second kappa shape index (κ2) is 7.45. The van der Waals surface area contributed by atoms with Crippen LogP contribution in [0, 0.1) is 0 Å². The van der Waals surface area contributed by atoms with Crippen molar-refractivity contribution in [2.75, 3.05) is 18.4 Å². The maximum atomic E-state index is 12.5. The summed E-state index contributed by atoms with van der Waals surface area (Å²) in [5, 5.41) is 12.6. The molecule has 1 aromatic heterocycles. The van der Waals surface area contributed by atoms with Crippen LogP contribution < -0.4 is 16.0 Å². The number of nitrogens with zero attached hydrogens (tertiary/aromatic N) is 3. The van der Waals surface area contributed by atoms with E-state index in [9.17, 15) is 14.4 Å². The van der Waals surface area contributed by atoms with Crippen LogP contribution in [0.2, 0.25) is 0 Å². The summed E-state index contributed by atoms with van der Waals surface area (Å²) in [5.74, 6) is 0.00581. The Hall–Kier alpha value is -2.78. The molecular weight excluding hydrogens is 372 g/mol. The third-order valence-corrected chi connectivity index (χ3v) is 4.71. The highest BCUT2D eigenvalue weighted by Crippen LogP contribution is 2.23. The van der Waals surface area contributed by atoms with E-state index in [0.29, 0.717) is 5.95 Å². The fourth-order valence-electron chi connectivity index (χ4n) is 3.25. The zero-order chi connectivity index (χ0) is 18.3. The van der Waals surface area contributed by atoms with Gasteiger partial charge >= 0.3 is 0 Å². The number of fused-ring (bicyclic) bond motifs is 1. The zero-order valence-corrected chi connectivity index (χ0v) is 15.4. The second-order valence-corrected chi connectivity index (χ2v) is 6.44. The molecule has 0 saturated carbocycles. The number of hydrogen-bond donors (Lipinski definition) is 3. The van der Waals surface area contributed by atoms with Gasteiger partial charge in [0, 0.05) is 18.5 Å². The number of hydrogen-bond acceptors (Lipinski definition) is 6. The highest BCUT2D eigenvalue weighted by Gasteiger charge is 2.28. The first kappa shape index (κ1) is 19.0. The lowest BCUT2D eigenvalue weighted by Gasteiger charge is -2.19. The van der Waals surface area contributed by atoms with E-state index in [-0.39, 0.29) is 35.0 Å². The third kappa shape index (κ3) is 3.56. The molecule has 3 N–H and O–H groups in total. The van der Waals surface area contributed by atoms with Crippen molar-refractivity contribution < 1.29 is 14.4 Å². The normalized spacial score (nSPS) is 16.5. The van der Waals surface area contributed by atoms with Crippen molar-refractivity contribution in [3.05, 3.63) is 40.7 Å². The molecule has 4 rings (SSSR count). The van der Waals surface area contributed by atoms with E-state index in [0.717, 1.165) is 31.8 Å².